The Balaban J connectivity index is -0.000000403. The number of unbranched alkanes of at least 4 members (excludes halogenated alkanes) is 7. The molecular weight excluding hydrogens is 465 g/mol. The third-order valence-corrected chi connectivity index (χ3v) is 6.35. The zero-order valence-corrected chi connectivity index (χ0v) is 27.5. The van der Waals surface area contributed by atoms with Gasteiger partial charge in [-0.05, 0) is 6.42 Å². The minimum absolute atomic E-state index is 0. The van der Waals surface area contributed by atoms with Crippen molar-refractivity contribution in [1.82, 2.24) is 0 Å². The molecule has 0 saturated carbocycles. The van der Waals surface area contributed by atoms with Crippen molar-refractivity contribution in [3.63, 3.8) is 0 Å². The second-order valence-corrected chi connectivity index (χ2v) is 9.06. The van der Waals surface area contributed by atoms with Crippen LogP contribution in [0.5, 0.6) is 0 Å². The molecule has 0 heterocycles. The molecule has 2 unspecified atom stereocenters. The van der Waals surface area contributed by atoms with Crippen LogP contribution in [-0.2, 0) is 26.8 Å². The Bertz CT molecular complexity index is 478. The maximum absolute atomic E-state index is 11.2. The van der Waals surface area contributed by atoms with Gasteiger partial charge in [-0.2, -0.15) is 0 Å². The SMILES string of the molecule is CCCCCCCCCCOP(=O)([O-])OP(=O)([O-])OP(=O)([O-])[O-].[Na+].[Na+].[Na+].[Na+]. The van der Waals surface area contributed by atoms with Gasteiger partial charge >= 0.3 is 118 Å². The molecule has 0 aromatic heterocycles. The van der Waals surface area contributed by atoms with Crippen molar-refractivity contribution in [2.75, 3.05) is 6.61 Å². The third kappa shape index (κ3) is 30.4. The molecule has 0 amide bonds. The molecule has 0 aliphatic carbocycles. The zero-order valence-electron chi connectivity index (χ0n) is 16.8. The van der Waals surface area contributed by atoms with Crippen LogP contribution < -0.4 is 138 Å². The molecule has 0 spiro atoms. The topological polar surface area (TPSA) is 171 Å². The molecule has 140 valence electrons. The summed E-state index contributed by atoms with van der Waals surface area (Å²) < 4.78 is 42.9. The van der Waals surface area contributed by atoms with E-state index in [9.17, 15) is 33.3 Å². The van der Waals surface area contributed by atoms with Gasteiger partial charge in [0.2, 0.25) is 0 Å². The van der Waals surface area contributed by atoms with E-state index in [4.69, 9.17) is 0 Å². The van der Waals surface area contributed by atoms with Crippen LogP contribution in [0, 0.1) is 0 Å². The Hall–Kier alpha value is 4.41. The van der Waals surface area contributed by atoms with Gasteiger partial charge in [-0.1, -0.05) is 51.9 Å². The van der Waals surface area contributed by atoms with E-state index in [1.165, 1.54) is 6.42 Å². The molecule has 27 heavy (non-hydrogen) atoms. The Morgan fingerprint density at radius 2 is 1.04 bits per heavy atom. The second-order valence-electron chi connectivity index (χ2n) is 4.81. The average Bonchev–Trinajstić information content (AvgIpc) is 2.32. The van der Waals surface area contributed by atoms with E-state index in [1.54, 1.807) is 0 Å². The third-order valence-electron chi connectivity index (χ3n) is 2.65. The molecule has 0 bridgehead atoms. The van der Waals surface area contributed by atoms with E-state index in [0.717, 1.165) is 32.1 Å². The van der Waals surface area contributed by atoms with Crippen molar-refractivity contribution >= 4 is 23.5 Å². The summed E-state index contributed by atoms with van der Waals surface area (Å²) in [5, 5.41) is 0. The molecule has 0 N–H and O–H groups in total. The summed E-state index contributed by atoms with van der Waals surface area (Å²) in [6.07, 6.45) is 7.51. The van der Waals surface area contributed by atoms with E-state index in [-0.39, 0.29) is 125 Å². The predicted octanol–water partition coefficient (Wildman–Crippen LogP) is -11.0. The molecule has 17 heteroatoms. The van der Waals surface area contributed by atoms with Crippen LogP contribution in [0.15, 0.2) is 0 Å². The summed E-state index contributed by atoms with van der Waals surface area (Å²) in [5.74, 6) is 0. The molecule has 10 nitrogen and oxygen atoms in total. The van der Waals surface area contributed by atoms with Gasteiger partial charge in [-0.15, -0.1) is 0 Å². The quantitative estimate of drug-likeness (QED) is 0.130. The molecular formula is C10H21Na4O10P3. The van der Waals surface area contributed by atoms with Crippen molar-refractivity contribution < 1.29 is 165 Å². The number of phosphoric ester groups is 1. The minimum Gasteiger partial charge on any atom is -0.790 e. The normalized spacial score (nSPS) is 15.0. The standard InChI is InChI=1S/C10H25O10P3.4Na/c1-2-3-4-5-6-7-8-9-10-18-22(14,15)20-23(16,17)19-21(11,12)13;;;;/h2-10H2,1H3,(H,14,15)(H,16,17)(H2,11,12,13);;;;/q;4*+1/p-4. The molecule has 0 rings (SSSR count). The molecule has 0 aromatic carbocycles. The van der Waals surface area contributed by atoms with Crippen LogP contribution in [0.2, 0.25) is 0 Å². The van der Waals surface area contributed by atoms with E-state index in [2.05, 4.69) is 20.1 Å². The van der Waals surface area contributed by atoms with Crippen molar-refractivity contribution in [2.45, 2.75) is 58.3 Å². The molecule has 0 aromatic rings. The molecule has 2 atom stereocenters. The Labute approximate surface area is 249 Å². The fraction of sp³-hybridized carbons (Fsp3) is 1.00. The van der Waals surface area contributed by atoms with Crippen LogP contribution >= 0.6 is 23.5 Å². The van der Waals surface area contributed by atoms with Gasteiger partial charge in [0.25, 0.3) is 15.6 Å². The van der Waals surface area contributed by atoms with Crippen molar-refractivity contribution in [3.8, 4) is 0 Å². The average molecular weight is 486 g/mol. The van der Waals surface area contributed by atoms with E-state index >= 15 is 0 Å². The number of hydrogen-bond donors (Lipinski definition) is 0. The number of hydrogen-bond acceptors (Lipinski definition) is 10. The van der Waals surface area contributed by atoms with Crippen molar-refractivity contribution in [2.24, 2.45) is 0 Å². The summed E-state index contributed by atoms with van der Waals surface area (Å²) in [5.41, 5.74) is 0. The maximum atomic E-state index is 11.2. The monoisotopic (exact) mass is 486 g/mol. The van der Waals surface area contributed by atoms with Crippen LogP contribution in [0.25, 0.3) is 0 Å². The first-order valence-corrected chi connectivity index (χ1v) is 11.6. The van der Waals surface area contributed by atoms with Crippen LogP contribution in [0.4, 0.5) is 0 Å². The van der Waals surface area contributed by atoms with Crippen LogP contribution in [-0.4, -0.2) is 6.61 Å². The zero-order chi connectivity index (χ0) is 18.0. The van der Waals surface area contributed by atoms with E-state index in [0.29, 0.717) is 12.8 Å². The first kappa shape index (κ1) is 41.6. The largest absolute Gasteiger partial charge is 1.00 e. The fourth-order valence-corrected chi connectivity index (χ4v) is 4.58. The summed E-state index contributed by atoms with van der Waals surface area (Å²) >= 11 is 0. The van der Waals surface area contributed by atoms with Gasteiger partial charge in [0.15, 0.2) is 0 Å². The minimum atomic E-state index is -5.94. The van der Waals surface area contributed by atoms with Crippen molar-refractivity contribution in [3.05, 3.63) is 0 Å². The molecule has 0 radical (unpaired) electrons. The van der Waals surface area contributed by atoms with Gasteiger partial charge in [0.05, 0.1) is 14.4 Å². The van der Waals surface area contributed by atoms with Crippen LogP contribution in [0.1, 0.15) is 58.3 Å². The van der Waals surface area contributed by atoms with Crippen molar-refractivity contribution in [1.29, 1.82) is 0 Å². The summed E-state index contributed by atoms with van der Waals surface area (Å²) in [6, 6.07) is 0. The maximum Gasteiger partial charge on any atom is 1.00 e. The van der Waals surface area contributed by atoms with E-state index < -0.39 is 23.5 Å². The smallest absolute Gasteiger partial charge is 0.790 e. The summed E-state index contributed by atoms with van der Waals surface area (Å²) in [4.78, 5) is 42.3. The Morgan fingerprint density at radius 3 is 1.44 bits per heavy atom. The van der Waals surface area contributed by atoms with Gasteiger partial charge in [0, 0.05) is 0 Å². The fourth-order valence-electron chi connectivity index (χ4n) is 1.70. The Morgan fingerprint density at radius 1 is 0.630 bits per heavy atom. The number of phosphoric acid groups is 3. The molecule has 0 aliphatic heterocycles. The molecule has 0 saturated heterocycles. The second kappa shape index (κ2) is 22.2. The summed E-state index contributed by atoms with van der Waals surface area (Å²) in [7, 11) is -17.1. The van der Waals surface area contributed by atoms with Gasteiger partial charge in [-0.3, -0.25) is 13.4 Å². The van der Waals surface area contributed by atoms with Crippen LogP contribution in [0.3, 0.4) is 0 Å². The van der Waals surface area contributed by atoms with E-state index in [1.807, 2.05) is 0 Å². The van der Waals surface area contributed by atoms with Gasteiger partial charge in [-0.25, -0.2) is 4.31 Å². The van der Waals surface area contributed by atoms with Gasteiger partial charge in [0.1, 0.15) is 0 Å². The Kier molecular flexibility index (Phi) is 34.3. The number of rotatable bonds is 14. The first-order chi connectivity index (χ1) is 10.5. The first-order valence-electron chi connectivity index (χ1n) is 7.19. The predicted molar refractivity (Wildman–Crippen MR) is 73.6 cm³/mol. The van der Waals surface area contributed by atoms with Gasteiger partial charge < -0.3 is 28.7 Å². The molecule has 0 aliphatic rings. The molecule has 0 fully saturated rings. The summed E-state index contributed by atoms with van der Waals surface area (Å²) in [6.45, 7) is 1.79.